The predicted molar refractivity (Wildman–Crippen MR) is 120 cm³/mol. The maximum absolute atomic E-state index is 12.2. The highest BCUT2D eigenvalue weighted by Gasteiger charge is 2.25. The molecule has 1 heterocycles. The van der Waals surface area contributed by atoms with Gasteiger partial charge < -0.3 is 25.2 Å². The minimum absolute atomic E-state index is 0.148. The summed E-state index contributed by atoms with van der Waals surface area (Å²) in [6, 6.07) is 5.94. The van der Waals surface area contributed by atoms with Gasteiger partial charge in [-0.05, 0) is 45.4 Å². The number of hydrogen-bond donors (Lipinski definition) is 2. The van der Waals surface area contributed by atoms with Gasteiger partial charge in [-0.25, -0.2) is 0 Å². The first-order valence-corrected chi connectivity index (χ1v) is 10.8. The Labute approximate surface area is 179 Å². The Morgan fingerprint density at radius 2 is 2.10 bits per heavy atom. The number of guanidine groups is 1. The van der Waals surface area contributed by atoms with Gasteiger partial charge in [0.25, 0.3) is 0 Å². The van der Waals surface area contributed by atoms with Crippen LogP contribution in [0, 0.1) is 0 Å². The lowest BCUT2D eigenvalue weighted by Gasteiger charge is -2.22. The number of halogens is 1. The van der Waals surface area contributed by atoms with Gasteiger partial charge in [0.2, 0.25) is 5.91 Å². The summed E-state index contributed by atoms with van der Waals surface area (Å²) in [5.74, 6) is 1.73. The Morgan fingerprint density at radius 1 is 1.34 bits per heavy atom. The lowest BCUT2D eigenvalue weighted by atomic mass is 10.2. The Morgan fingerprint density at radius 3 is 2.76 bits per heavy atom. The number of anilines is 1. The summed E-state index contributed by atoms with van der Waals surface area (Å²) in [5.41, 5.74) is 1.01. The van der Waals surface area contributed by atoms with Crippen LogP contribution in [-0.2, 0) is 4.79 Å². The average Bonchev–Trinajstić information content (AvgIpc) is 3.17. The molecule has 1 aliphatic rings. The first kappa shape index (κ1) is 23.1. The van der Waals surface area contributed by atoms with Gasteiger partial charge in [0.05, 0.1) is 19.3 Å². The summed E-state index contributed by atoms with van der Waals surface area (Å²) < 4.78 is 5.49. The molecule has 7 nitrogen and oxygen atoms in total. The minimum atomic E-state index is 0.148. The normalized spacial score (nSPS) is 16.7. The van der Waals surface area contributed by atoms with Crippen LogP contribution in [0.3, 0.4) is 0 Å². The molecule has 2 rings (SSSR count). The zero-order valence-electron chi connectivity index (χ0n) is 18.0. The van der Waals surface area contributed by atoms with Crippen molar-refractivity contribution < 1.29 is 9.53 Å². The van der Waals surface area contributed by atoms with E-state index >= 15 is 0 Å². The number of carbonyl (C=O) groups excluding carboxylic acids is 1. The van der Waals surface area contributed by atoms with E-state index in [1.165, 1.54) is 0 Å². The van der Waals surface area contributed by atoms with Crippen LogP contribution in [-0.4, -0.2) is 69.2 Å². The van der Waals surface area contributed by atoms with Crippen LogP contribution in [0.5, 0.6) is 5.75 Å². The predicted octanol–water partition coefficient (Wildman–Crippen LogP) is 2.74. The number of rotatable bonds is 9. The molecule has 29 heavy (non-hydrogen) atoms. The Kier molecular flexibility index (Phi) is 9.38. The number of aliphatic imine (C=N–C) groups is 1. The topological polar surface area (TPSA) is 69.2 Å². The lowest BCUT2D eigenvalue weighted by Crippen LogP contribution is -2.44. The van der Waals surface area contributed by atoms with E-state index in [1.54, 1.807) is 7.11 Å². The maximum atomic E-state index is 12.2. The summed E-state index contributed by atoms with van der Waals surface area (Å²) in [5, 5.41) is 7.47. The molecule has 0 radical (unpaired) electrons. The van der Waals surface area contributed by atoms with Gasteiger partial charge >= 0.3 is 0 Å². The molecule has 0 aliphatic carbocycles. The maximum Gasteiger partial charge on any atom is 0.224 e. The fourth-order valence-corrected chi connectivity index (χ4v) is 3.68. The zero-order chi connectivity index (χ0) is 21.2. The number of carbonyl (C=O) groups is 1. The molecule has 1 aromatic carbocycles. The van der Waals surface area contributed by atoms with Gasteiger partial charge in [0.1, 0.15) is 5.75 Å². The zero-order valence-corrected chi connectivity index (χ0v) is 18.8. The number of nitrogens with zero attached hydrogens (tertiary/aromatic N) is 3. The Hall–Kier alpha value is -2.15. The quantitative estimate of drug-likeness (QED) is 0.472. The summed E-state index contributed by atoms with van der Waals surface area (Å²) in [6.45, 7) is 10.5. The number of amides is 1. The molecule has 1 fully saturated rings. The van der Waals surface area contributed by atoms with Crippen LogP contribution < -0.4 is 20.3 Å². The Bertz CT molecular complexity index is 694. The van der Waals surface area contributed by atoms with E-state index in [4.69, 9.17) is 16.3 Å². The van der Waals surface area contributed by atoms with Crippen LogP contribution in [0.15, 0.2) is 23.2 Å². The second-order valence-electron chi connectivity index (χ2n) is 6.97. The first-order chi connectivity index (χ1) is 14.0. The molecule has 1 amide bonds. The van der Waals surface area contributed by atoms with E-state index in [0.29, 0.717) is 18.0 Å². The molecular weight excluding hydrogens is 390 g/mol. The van der Waals surface area contributed by atoms with E-state index in [2.05, 4.69) is 20.5 Å². The molecule has 0 bridgehead atoms. The van der Waals surface area contributed by atoms with Crippen LogP contribution in [0.2, 0.25) is 5.02 Å². The summed E-state index contributed by atoms with van der Waals surface area (Å²) in [6.07, 6.45) is 1.41. The SMILES string of the molecule is CCNC(=NCCC(=O)N(CC)CC)NC1CCN(c2cc(Cl)ccc2OC)C1. The lowest BCUT2D eigenvalue weighted by molar-refractivity contribution is -0.130. The molecule has 162 valence electrons. The van der Waals surface area contributed by atoms with Gasteiger partial charge in [0, 0.05) is 50.2 Å². The van der Waals surface area contributed by atoms with Gasteiger partial charge in [-0.2, -0.15) is 0 Å². The molecular formula is C21H34ClN5O2. The third-order valence-electron chi connectivity index (χ3n) is 5.07. The molecule has 8 heteroatoms. The van der Waals surface area contributed by atoms with E-state index in [9.17, 15) is 4.79 Å². The monoisotopic (exact) mass is 423 g/mol. The van der Waals surface area contributed by atoms with E-state index < -0.39 is 0 Å². The average molecular weight is 424 g/mol. The van der Waals surface area contributed by atoms with Gasteiger partial charge in [-0.3, -0.25) is 9.79 Å². The summed E-state index contributed by atoms with van der Waals surface area (Å²) in [4.78, 5) is 20.9. The van der Waals surface area contributed by atoms with E-state index in [0.717, 1.165) is 56.5 Å². The minimum Gasteiger partial charge on any atom is -0.495 e. The summed E-state index contributed by atoms with van der Waals surface area (Å²) in [7, 11) is 1.67. The molecule has 1 saturated heterocycles. The fourth-order valence-electron chi connectivity index (χ4n) is 3.52. The van der Waals surface area contributed by atoms with E-state index in [-0.39, 0.29) is 11.9 Å². The highest BCUT2D eigenvalue weighted by atomic mass is 35.5. The molecule has 1 atom stereocenters. The molecule has 1 unspecified atom stereocenters. The van der Waals surface area contributed by atoms with Crippen molar-refractivity contribution in [2.45, 2.75) is 39.7 Å². The molecule has 1 aromatic rings. The number of ether oxygens (including phenoxy) is 1. The molecule has 0 spiro atoms. The van der Waals surface area contributed by atoms with Crippen molar-refractivity contribution in [2.24, 2.45) is 4.99 Å². The van der Waals surface area contributed by atoms with E-state index in [1.807, 2.05) is 43.9 Å². The van der Waals surface area contributed by atoms with Crippen LogP contribution >= 0.6 is 11.6 Å². The van der Waals surface area contributed by atoms with Crippen LogP contribution in [0.25, 0.3) is 0 Å². The van der Waals surface area contributed by atoms with Crippen molar-refractivity contribution in [1.82, 2.24) is 15.5 Å². The Balaban J connectivity index is 1.94. The van der Waals surface area contributed by atoms with Crippen LogP contribution in [0.1, 0.15) is 33.6 Å². The highest BCUT2D eigenvalue weighted by Crippen LogP contribution is 2.33. The molecule has 1 aliphatic heterocycles. The largest absolute Gasteiger partial charge is 0.495 e. The number of hydrogen-bond acceptors (Lipinski definition) is 4. The molecule has 0 aromatic heterocycles. The number of benzene rings is 1. The third-order valence-corrected chi connectivity index (χ3v) is 5.30. The van der Waals surface area contributed by atoms with Gasteiger partial charge in [-0.1, -0.05) is 11.6 Å². The van der Waals surface area contributed by atoms with Crippen molar-refractivity contribution >= 4 is 29.2 Å². The number of methoxy groups -OCH3 is 1. The van der Waals surface area contributed by atoms with Crippen molar-refractivity contribution in [3.8, 4) is 5.75 Å². The second-order valence-corrected chi connectivity index (χ2v) is 7.41. The molecule has 2 N–H and O–H groups in total. The fraction of sp³-hybridized carbons (Fsp3) is 0.619. The van der Waals surface area contributed by atoms with Gasteiger partial charge in [-0.15, -0.1) is 0 Å². The summed E-state index contributed by atoms with van der Waals surface area (Å²) >= 11 is 6.18. The number of nitrogens with one attached hydrogen (secondary N) is 2. The molecule has 0 saturated carbocycles. The smallest absolute Gasteiger partial charge is 0.224 e. The van der Waals surface area contributed by atoms with Gasteiger partial charge in [0.15, 0.2) is 5.96 Å². The van der Waals surface area contributed by atoms with Crippen molar-refractivity contribution in [3.05, 3.63) is 23.2 Å². The second kappa shape index (κ2) is 11.8. The first-order valence-electron chi connectivity index (χ1n) is 10.4. The van der Waals surface area contributed by atoms with Crippen LogP contribution in [0.4, 0.5) is 5.69 Å². The van der Waals surface area contributed by atoms with Crippen molar-refractivity contribution in [2.75, 3.05) is 51.3 Å². The van der Waals surface area contributed by atoms with Crippen molar-refractivity contribution in [3.63, 3.8) is 0 Å². The standard InChI is InChI=1S/C21H34ClN5O2/c1-5-23-21(24-12-10-20(28)26(6-2)7-3)25-17-11-13-27(15-17)18-14-16(22)8-9-19(18)29-4/h8-9,14,17H,5-7,10-13,15H2,1-4H3,(H2,23,24,25). The highest BCUT2D eigenvalue weighted by molar-refractivity contribution is 6.30. The third kappa shape index (κ3) is 6.70. The van der Waals surface area contributed by atoms with Crippen molar-refractivity contribution in [1.29, 1.82) is 0 Å².